The molecule has 5 rings (SSSR count). The van der Waals surface area contributed by atoms with E-state index >= 15 is 0 Å². The molecule has 1 saturated heterocycles. The number of carbonyl (C=O) groups excluding carboxylic acids is 3. The molecule has 0 unspecified atom stereocenters. The second-order valence-electron chi connectivity index (χ2n) is 10.0. The fourth-order valence-electron chi connectivity index (χ4n) is 5.06. The molecule has 44 heavy (non-hydrogen) atoms. The zero-order chi connectivity index (χ0) is 32.7. The number of β-amino-alcohol motifs (C(OH)–C–C–N with tert-alkyl or cyclic N) is 2. The summed E-state index contributed by atoms with van der Waals surface area (Å²) in [5.41, 5.74) is 3.82. The maximum atomic E-state index is 13.8. The average molecular weight is 619 g/mol. The number of fused-ring (bicyclic) bond motifs is 1. The lowest BCUT2D eigenvalue weighted by atomic mass is 9.89. The molecule has 3 amide bonds. The van der Waals surface area contributed by atoms with Gasteiger partial charge in [0, 0.05) is 23.5 Å². The van der Waals surface area contributed by atoms with Crippen molar-refractivity contribution >= 4 is 29.1 Å². The number of nitrogens with zero attached hydrogens (tertiary/aromatic N) is 4. The minimum absolute atomic E-state index is 0.0174. The Labute approximate surface area is 244 Å². The molecule has 0 radical (unpaired) electrons. The van der Waals surface area contributed by atoms with Crippen LogP contribution in [0.4, 0.5) is 11.4 Å². The minimum Gasteiger partial charge on any atom is -0.503 e. The first-order chi connectivity index (χ1) is 20.4. The Bertz CT molecular complexity index is 1700. The van der Waals surface area contributed by atoms with Gasteiger partial charge >= 0.3 is 5.79 Å². The van der Waals surface area contributed by atoms with Crippen molar-refractivity contribution in [3.05, 3.63) is 41.2 Å². The number of anilines is 2. The molecule has 2 aromatic carbocycles. The number of ether oxygens (including phenoxy) is 1. The number of hydrogen-bond acceptors (Lipinski definition) is 15. The van der Waals surface area contributed by atoms with Gasteiger partial charge in [0.2, 0.25) is 23.0 Å². The molecule has 0 saturated carbocycles. The number of aromatic hydroxyl groups is 4. The third-order valence-electron chi connectivity index (χ3n) is 7.43. The third kappa shape index (κ3) is 3.99. The number of hydrogen-bond donors (Lipinski definition) is 11. The van der Waals surface area contributed by atoms with Gasteiger partial charge in [-0.3, -0.25) is 14.4 Å². The summed E-state index contributed by atoms with van der Waals surface area (Å²) in [5, 5.41) is 105. The van der Waals surface area contributed by atoms with Crippen LogP contribution in [0.3, 0.4) is 0 Å². The van der Waals surface area contributed by atoms with Gasteiger partial charge in [-0.15, -0.1) is 0 Å². The molecule has 2 aliphatic heterocycles. The van der Waals surface area contributed by atoms with Crippen LogP contribution in [0.2, 0.25) is 0 Å². The number of primary amides is 1. The summed E-state index contributed by atoms with van der Waals surface area (Å²) >= 11 is 0. The highest BCUT2D eigenvalue weighted by Crippen LogP contribution is 2.53. The Morgan fingerprint density at radius 3 is 1.91 bits per heavy atom. The van der Waals surface area contributed by atoms with E-state index < -0.39 is 87.5 Å². The van der Waals surface area contributed by atoms with Gasteiger partial charge < -0.3 is 71.3 Å². The van der Waals surface area contributed by atoms with Gasteiger partial charge in [-0.05, 0) is 30.7 Å². The van der Waals surface area contributed by atoms with Gasteiger partial charge in [0.05, 0.1) is 13.7 Å². The van der Waals surface area contributed by atoms with Crippen LogP contribution in [0.5, 0.6) is 28.7 Å². The fraction of sp³-hybridized carbons (Fsp3) is 0.280. The largest absolute Gasteiger partial charge is 0.503 e. The van der Waals surface area contributed by atoms with E-state index in [1.807, 2.05) is 0 Å². The van der Waals surface area contributed by atoms with Gasteiger partial charge in [-0.1, -0.05) is 0 Å². The van der Waals surface area contributed by atoms with Crippen molar-refractivity contribution in [1.29, 1.82) is 0 Å². The van der Waals surface area contributed by atoms with Crippen molar-refractivity contribution in [3.63, 3.8) is 0 Å². The summed E-state index contributed by atoms with van der Waals surface area (Å²) in [7, 11) is 1.03. The molecule has 1 fully saturated rings. The SMILES string of the molecule is COc1c(O)c(O)c(-n2nc(C(N)=O)c3c2C(=O)N(c2ccc(N4CC(O)(O)C(O)(O)C(O)(O)C4=O)cc2)CC3)c(O)c1O. The predicted octanol–water partition coefficient (Wildman–Crippen LogP) is -3.61. The van der Waals surface area contributed by atoms with Crippen molar-refractivity contribution in [1.82, 2.24) is 9.78 Å². The molecule has 0 atom stereocenters. The van der Waals surface area contributed by atoms with Crippen molar-refractivity contribution in [3.8, 4) is 34.4 Å². The second kappa shape index (κ2) is 9.67. The van der Waals surface area contributed by atoms with Crippen molar-refractivity contribution in [2.24, 2.45) is 5.73 Å². The van der Waals surface area contributed by atoms with Crippen LogP contribution >= 0.6 is 0 Å². The topological polar surface area (TPSA) is 313 Å². The van der Waals surface area contributed by atoms with Crippen LogP contribution < -0.4 is 20.3 Å². The van der Waals surface area contributed by atoms with Crippen molar-refractivity contribution in [2.45, 2.75) is 23.8 Å². The molecule has 19 nitrogen and oxygen atoms in total. The number of benzene rings is 2. The number of methoxy groups -OCH3 is 1. The predicted molar refractivity (Wildman–Crippen MR) is 141 cm³/mol. The van der Waals surface area contributed by atoms with E-state index in [4.69, 9.17) is 10.5 Å². The number of rotatable bonds is 5. The van der Waals surface area contributed by atoms with Crippen LogP contribution in [0.1, 0.15) is 26.5 Å². The second-order valence-corrected chi connectivity index (χ2v) is 10.0. The maximum absolute atomic E-state index is 13.8. The normalized spacial score (nSPS) is 18.7. The van der Waals surface area contributed by atoms with Crippen LogP contribution in [-0.2, 0) is 11.2 Å². The maximum Gasteiger partial charge on any atom is 0.306 e. The van der Waals surface area contributed by atoms with Crippen molar-refractivity contribution in [2.75, 3.05) is 30.0 Å². The molecule has 1 aromatic heterocycles. The molecule has 12 N–H and O–H groups in total. The molecule has 3 heterocycles. The van der Waals surface area contributed by atoms with Gasteiger partial charge in [0.1, 0.15) is 5.69 Å². The van der Waals surface area contributed by atoms with Gasteiger partial charge in [-0.2, -0.15) is 5.10 Å². The van der Waals surface area contributed by atoms with Crippen LogP contribution in [-0.4, -0.2) is 116 Å². The zero-order valence-electron chi connectivity index (χ0n) is 22.4. The highest BCUT2D eigenvalue weighted by Gasteiger charge is 2.70. The summed E-state index contributed by atoms with van der Waals surface area (Å²) in [4.78, 5) is 40.1. The molecule has 0 spiro atoms. The molecule has 234 valence electrons. The molecular formula is C25H25N5O14. The van der Waals surface area contributed by atoms with Crippen LogP contribution in [0, 0.1) is 0 Å². The first-order valence-corrected chi connectivity index (χ1v) is 12.4. The van der Waals surface area contributed by atoms with Gasteiger partial charge in [0.25, 0.3) is 23.5 Å². The molecule has 0 aliphatic carbocycles. The highest BCUT2D eigenvalue weighted by molar-refractivity contribution is 6.10. The van der Waals surface area contributed by atoms with E-state index in [9.17, 15) is 65.4 Å². The van der Waals surface area contributed by atoms with E-state index in [0.717, 1.165) is 24.1 Å². The molecular weight excluding hydrogens is 594 g/mol. The highest BCUT2D eigenvalue weighted by atomic mass is 16.7. The monoisotopic (exact) mass is 619 g/mol. The van der Waals surface area contributed by atoms with Crippen LogP contribution in [0.25, 0.3) is 5.69 Å². The first-order valence-electron chi connectivity index (χ1n) is 12.4. The van der Waals surface area contributed by atoms with Gasteiger partial charge in [-0.25, -0.2) is 4.68 Å². The smallest absolute Gasteiger partial charge is 0.306 e. The number of phenolic OH excluding ortho intramolecular Hbond substituents is 4. The number of amides is 3. The number of phenols is 4. The lowest BCUT2D eigenvalue weighted by Crippen LogP contribution is -2.80. The lowest BCUT2D eigenvalue weighted by Gasteiger charge is -2.49. The standard InChI is InChI=1S/C25H25N5O14/c1-44-19-17(33)15(31)14(16(32)18(19)34)30-13-11(12(27-30)20(26)35)6-7-28(21(13)36)9-2-4-10(5-3-9)29-8-23(38,39)25(42,43)24(40,41)22(29)37/h2-5,31-34,38-43H,6-8H2,1H3,(H2,26,35). The summed E-state index contributed by atoms with van der Waals surface area (Å²) in [5.74, 6) is -20.2. The van der Waals surface area contributed by atoms with E-state index in [0.29, 0.717) is 9.58 Å². The molecule has 3 aromatic rings. The minimum atomic E-state index is -4.04. The Balaban J connectivity index is 1.56. The molecule has 2 aliphatic rings. The first kappa shape index (κ1) is 30.3. The Morgan fingerprint density at radius 1 is 0.886 bits per heavy atom. The Hall–Kier alpha value is -5.18. The van der Waals surface area contributed by atoms with Crippen LogP contribution in [0.15, 0.2) is 24.3 Å². The number of nitrogens with two attached hydrogens (primary N) is 1. The number of piperidine rings is 1. The summed E-state index contributed by atoms with van der Waals surface area (Å²) in [6.45, 7) is -1.28. The van der Waals surface area contributed by atoms with E-state index in [1.165, 1.54) is 12.1 Å². The summed E-state index contributed by atoms with van der Waals surface area (Å²) in [6.07, 6.45) is -0.0501. The van der Waals surface area contributed by atoms with Gasteiger partial charge in [0.15, 0.2) is 22.9 Å². The lowest BCUT2D eigenvalue weighted by molar-refractivity contribution is -0.440. The summed E-state index contributed by atoms with van der Waals surface area (Å²) < 4.78 is 5.39. The van der Waals surface area contributed by atoms with E-state index in [2.05, 4.69) is 5.10 Å². The van der Waals surface area contributed by atoms with Crippen molar-refractivity contribution < 1.29 is 70.2 Å². The Kier molecular flexibility index (Phi) is 6.65. The molecule has 0 bridgehead atoms. The van der Waals surface area contributed by atoms with E-state index in [-0.39, 0.29) is 29.9 Å². The number of aromatic nitrogens is 2. The number of carbonyl (C=O) groups is 3. The third-order valence-corrected chi connectivity index (χ3v) is 7.43. The summed E-state index contributed by atoms with van der Waals surface area (Å²) in [6, 6.07) is 4.84. The fourth-order valence-corrected chi connectivity index (χ4v) is 5.06. The number of aliphatic hydroxyl groups is 6. The van der Waals surface area contributed by atoms with E-state index in [1.54, 1.807) is 0 Å². The molecule has 19 heteroatoms. The average Bonchev–Trinajstić information content (AvgIpc) is 3.35. The quantitative estimate of drug-likeness (QED) is 0.0746. The zero-order valence-corrected chi connectivity index (χ0v) is 22.4. The Morgan fingerprint density at radius 2 is 1.41 bits per heavy atom.